The SMILES string of the molecule is CN1C(=O)/C(=C/c2ccc(-c3ccc(C(=O)O)cc3)o2)SC1=Nc1ccc(Cl)cc1. The second kappa shape index (κ2) is 8.22. The van der Waals surface area contributed by atoms with Crippen LogP contribution in [0, 0.1) is 0 Å². The highest BCUT2D eigenvalue weighted by molar-refractivity contribution is 8.18. The Kier molecular flexibility index (Phi) is 5.48. The van der Waals surface area contributed by atoms with Gasteiger partial charge in [0.2, 0.25) is 0 Å². The number of nitrogens with zero attached hydrogens (tertiary/aromatic N) is 2. The molecule has 1 aliphatic heterocycles. The average Bonchev–Trinajstić information content (AvgIpc) is 3.31. The first kappa shape index (κ1) is 20.0. The fourth-order valence-corrected chi connectivity index (χ4v) is 3.86. The van der Waals surface area contributed by atoms with E-state index < -0.39 is 5.97 Å². The molecule has 0 radical (unpaired) electrons. The third kappa shape index (κ3) is 4.17. The molecular formula is C22H15ClN2O4S. The van der Waals surface area contributed by atoms with Gasteiger partial charge in [-0.1, -0.05) is 23.7 Å². The van der Waals surface area contributed by atoms with E-state index in [9.17, 15) is 9.59 Å². The van der Waals surface area contributed by atoms with Gasteiger partial charge >= 0.3 is 5.97 Å². The van der Waals surface area contributed by atoms with Gasteiger partial charge in [-0.2, -0.15) is 0 Å². The number of thioether (sulfide) groups is 1. The van der Waals surface area contributed by atoms with Crippen molar-refractivity contribution in [2.24, 2.45) is 4.99 Å². The summed E-state index contributed by atoms with van der Waals surface area (Å²) in [6, 6.07) is 17.0. The number of aliphatic imine (C=N–C) groups is 1. The van der Waals surface area contributed by atoms with Crippen molar-refractivity contribution in [1.29, 1.82) is 0 Å². The first-order chi connectivity index (χ1) is 14.4. The van der Waals surface area contributed by atoms with Gasteiger partial charge in [-0.15, -0.1) is 0 Å². The van der Waals surface area contributed by atoms with Crippen LogP contribution in [0.25, 0.3) is 17.4 Å². The molecule has 6 nitrogen and oxygen atoms in total. The van der Waals surface area contributed by atoms with Gasteiger partial charge in [-0.3, -0.25) is 9.69 Å². The van der Waals surface area contributed by atoms with Gasteiger partial charge in [0.05, 0.1) is 16.2 Å². The van der Waals surface area contributed by atoms with Crippen molar-refractivity contribution in [2.45, 2.75) is 0 Å². The van der Waals surface area contributed by atoms with E-state index >= 15 is 0 Å². The fraction of sp³-hybridized carbons (Fsp3) is 0.0455. The van der Waals surface area contributed by atoms with Crippen LogP contribution in [-0.4, -0.2) is 34.1 Å². The van der Waals surface area contributed by atoms with Gasteiger partial charge in [-0.25, -0.2) is 9.79 Å². The summed E-state index contributed by atoms with van der Waals surface area (Å²) in [5.74, 6) is -0.0539. The Labute approximate surface area is 181 Å². The Morgan fingerprint density at radius 3 is 2.47 bits per heavy atom. The zero-order valence-corrected chi connectivity index (χ0v) is 17.3. The number of benzene rings is 2. The smallest absolute Gasteiger partial charge is 0.335 e. The highest BCUT2D eigenvalue weighted by Crippen LogP contribution is 2.34. The van der Waals surface area contributed by atoms with Gasteiger partial charge in [0.15, 0.2) is 5.17 Å². The van der Waals surface area contributed by atoms with Gasteiger partial charge < -0.3 is 9.52 Å². The quantitative estimate of drug-likeness (QED) is 0.541. The van der Waals surface area contributed by atoms with Crippen molar-refractivity contribution < 1.29 is 19.1 Å². The molecule has 1 saturated heterocycles. The van der Waals surface area contributed by atoms with Crippen LogP contribution in [0.4, 0.5) is 5.69 Å². The van der Waals surface area contributed by atoms with Crippen molar-refractivity contribution in [3.05, 3.63) is 81.9 Å². The van der Waals surface area contributed by atoms with E-state index in [2.05, 4.69) is 4.99 Å². The van der Waals surface area contributed by atoms with Gasteiger partial charge in [0, 0.05) is 23.7 Å². The van der Waals surface area contributed by atoms with Crippen LogP contribution in [0.5, 0.6) is 0 Å². The molecular weight excluding hydrogens is 424 g/mol. The highest BCUT2D eigenvalue weighted by atomic mass is 35.5. The van der Waals surface area contributed by atoms with Crippen LogP contribution in [0.2, 0.25) is 5.02 Å². The second-order valence-corrected chi connectivity index (χ2v) is 7.88. The number of amidine groups is 1. The fourth-order valence-electron chi connectivity index (χ4n) is 2.77. The number of amides is 1. The lowest BCUT2D eigenvalue weighted by atomic mass is 10.1. The number of furan rings is 1. The van der Waals surface area contributed by atoms with Gasteiger partial charge in [0.1, 0.15) is 11.5 Å². The molecule has 0 atom stereocenters. The maximum Gasteiger partial charge on any atom is 0.335 e. The van der Waals surface area contributed by atoms with E-state index in [0.717, 1.165) is 5.56 Å². The van der Waals surface area contributed by atoms with Crippen LogP contribution in [0.15, 0.2) is 75.0 Å². The molecule has 1 amide bonds. The van der Waals surface area contributed by atoms with Crippen LogP contribution in [0.3, 0.4) is 0 Å². The van der Waals surface area contributed by atoms with Crippen molar-refractivity contribution in [1.82, 2.24) is 4.90 Å². The van der Waals surface area contributed by atoms with Crippen LogP contribution >= 0.6 is 23.4 Å². The summed E-state index contributed by atoms with van der Waals surface area (Å²) in [7, 11) is 1.67. The number of likely N-dealkylation sites (N-methyl/N-ethyl adjacent to an activating group) is 1. The molecule has 0 saturated carbocycles. The van der Waals surface area contributed by atoms with E-state index in [0.29, 0.717) is 32.3 Å². The Hall–Kier alpha value is -3.29. The molecule has 30 heavy (non-hydrogen) atoms. The number of aromatic carboxylic acids is 1. The molecule has 4 rings (SSSR count). The summed E-state index contributed by atoms with van der Waals surface area (Å²) in [6.45, 7) is 0. The number of carbonyl (C=O) groups excluding carboxylic acids is 1. The number of hydrogen-bond acceptors (Lipinski definition) is 5. The lowest BCUT2D eigenvalue weighted by molar-refractivity contribution is -0.121. The molecule has 2 heterocycles. The number of carboxylic acids is 1. The zero-order chi connectivity index (χ0) is 21.3. The molecule has 8 heteroatoms. The normalized spacial score (nSPS) is 16.6. The average molecular weight is 439 g/mol. The van der Waals surface area contributed by atoms with E-state index in [1.54, 1.807) is 61.7 Å². The lowest BCUT2D eigenvalue weighted by Crippen LogP contribution is -2.23. The second-order valence-electron chi connectivity index (χ2n) is 6.43. The van der Waals surface area contributed by atoms with Crippen molar-refractivity contribution >= 4 is 52.2 Å². The summed E-state index contributed by atoms with van der Waals surface area (Å²) in [6.07, 6.45) is 1.67. The summed E-state index contributed by atoms with van der Waals surface area (Å²) >= 11 is 7.16. The maximum absolute atomic E-state index is 12.6. The van der Waals surface area contributed by atoms with E-state index in [1.165, 1.54) is 28.8 Å². The highest BCUT2D eigenvalue weighted by Gasteiger charge is 2.30. The third-order valence-corrected chi connectivity index (χ3v) is 5.68. The monoisotopic (exact) mass is 438 g/mol. The molecule has 150 valence electrons. The van der Waals surface area contributed by atoms with E-state index in [-0.39, 0.29) is 11.5 Å². The molecule has 0 spiro atoms. The lowest BCUT2D eigenvalue weighted by Gasteiger charge is -2.06. The largest absolute Gasteiger partial charge is 0.478 e. The molecule has 0 aliphatic carbocycles. The molecule has 0 bridgehead atoms. The zero-order valence-electron chi connectivity index (χ0n) is 15.7. The van der Waals surface area contributed by atoms with Crippen LogP contribution in [0.1, 0.15) is 16.1 Å². The number of rotatable bonds is 4. The standard InChI is InChI=1S/C22H15ClN2O4S/c1-25-20(26)19(30-22(25)24-16-8-6-15(23)7-9-16)12-17-10-11-18(29-17)13-2-4-14(5-3-13)21(27)28/h2-12H,1H3,(H,27,28)/b19-12-,24-22?. The summed E-state index contributed by atoms with van der Waals surface area (Å²) in [4.78, 5) is 30.0. The summed E-state index contributed by atoms with van der Waals surface area (Å²) in [5, 5.41) is 10.2. The molecule has 1 aromatic heterocycles. The molecule has 3 aromatic rings. The third-order valence-electron chi connectivity index (χ3n) is 4.37. The Bertz CT molecular complexity index is 1180. The predicted molar refractivity (Wildman–Crippen MR) is 118 cm³/mol. The molecule has 1 fully saturated rings. The Morgan fingerprint density at radius 2 is 1.80 bits per heavy atom. The van der Waals surface area contributed by atoms with Gasteiger partial charge in [0.25, 0.3) is 5.91 Å². The van der Waals surface area contributed by atoms with E-state index in [4.69, 9.17) is 21.1 Å². The minimum Gasteiger partial charge on any atom is -0.478 e. The Balaban J connectivity index is 1.55. The van der Waals surface area contributed by atoms with E-state index in [1.807, 2.05) is 0 Å². The number of carbonyl (C=O) groups is 2. The number of hydrogen-bond donors (Lipinski definition) is 1. The van der Waals surface area contributed by atoms with Crippen LogP contribution < -0.4 is 0 Å². The number of halogens is 1. The maximum atomic E-state index is 12.6. The summed E-state index contributed by atoms with van der Waals surface area (Å²) in [5.41, 5.74) is 1.65. The first-order valence-corrected chi connectivity index (χ1v) is 10.1. The minimum absolute atomic E-state index is 0.170. The predicted octanol–water partition coefficient (Wildman–Crippen LogP) is 5.53. The van der Waals surface area contributed by atoms with Crippen LogP contribution in [-0.2, 0) is 4.79 Å². The van der Waals surface area contributed by atoms with Crippen molar-refractivity contribution in [2.75, 3.05) is 7.05 Å². The number of carboxylic acid groups (broad SMARTS) is 1. The van der Waals surface area contributed by atoms with Crippen molar-refractivity contribution in [3.63, 3.8) is 0 Å². The minimum atomic E-state index is -0.983. The topological polar surface area (TPSA) is 83.1 Å². The molecule has 2 aromatic carbocycles. The first-order valence-electron chi connectivity index (χ1n) is 8.86. The van der Waals surface area contributed by atoms with Crippen molar-refractivity contribution in [3.8, 4) is 11.3 Å². The Morgan fingerprint density at radius 1 is 1.10 bits per heavy atom. The molecule has 1 aliphatic rings. The molecule has 1 N–H and O–H groups in total. The summed E-state index contributed by atoms with van der Waals surface area (Å²) < 4.78 is 5.82. The molecule has 0 unspecified atom stereocenters. The van der Waals surface area contributed by atoms with Gasteiger partial charge in [-0.05, 0) is 60.3 Å².